The standard InChI is InChI=1S/C33H34N2.2C2H6/c1-5-25(4)30-22-32(34-23-29-13-9-10-14-29)35-31(33(30)24(2)3)20-19-26-15-17-28(18-16-26)21-27-11-7-6-8-12-27;2*1-2/h6-13,15-18,22-23H,2,4-5,14,19-21H2,1,3H3;2*1-2H3. The van der Waals surface area contributed by atoms with E-state index in [4.69, 9.17) is 9.98 Å². The Hall–Kier alpha value is -3.78. The minimum absolute atomic E-state index is 0.737. The van der Waals surface area contributed by atoms with Crippen molar-refractivity contribution in [3.63, 3.8) is 0 Å². The predicted octanol–water partition coefficient (Wildman–Crippen LogP) is 10.6. The highest BCUT2D eigenvalue weighted by atomic mass is 14.9. The van der Waals surface area contributed by atoms with E-state index in [9.17, 15) is 0 Å². The number of aliphatic imine (C=N–C) groups is 1. The number of hydrogen-bond donors (Lipinski definition) is 0. The van der Waals surface area contributed by atoms with Crippen LogP contribution >= 0.6 is 0 Å². The molecule has 0 saturated heterocycles. The minimum Gasteiger partial charge on any atom is -0.237 e. The molecule has 1 heterocycles. The zero-order chi connectivity index (χ0) is 28.6. The molecule has 0 spiro atoms. The van der Waals surface area contributed by atoms with Crippen molar-refractivity contribution in [2.45, 2.75) is 73.6 Å². The van der Waals surface area contributed by atoms with Crippen LogP contribution in [0.5, 0.6) is 0 Å². The summed E-state index contributed by atoms with van der Waals surface area (Å²) < 4.78 is 0. The minimum atomic E-state index is 0.737. The second kappa shape index (κ2) is 16.9. The van der Waals surface area contributed by atoms with Crippen LogP contribution in [0.1, 0.15) is 87.9 Å². The van der Waals surface area contributed by atoms with Gasteiger partial charge in [0.05, 0.1) is 5.69 Å². The largest absolute Gasteiger partial charge is 0.237 e. The van der Waals surface area contributed by atoms with Gasteiger partial charge in [0.25, 0.3) is 0 Å². The summed E-state index contributed by atoms with van der Waals surface area (Å²) in [5, 5.41) is 0. The van der Waals surface area contributed by atoms with Gasteiger partial charge in [-0.3, -0.25) is 0 Å². The van der Waals surface area contributed by atoms with Crippen LogP contribution < -0.4 is 0 Å². The maximum absolute atomic E-state index is 4.97. The van der Waals surface area contributed by atoms with Crippen molar-refractivity contribution in [2.24, 2.45) is 4.99 Å². The van der Waals surface area contributed by atoms with E-state index < -0.39 is 0 Å². The van der Waals surface area contributed by atoms with Gasteiger partial charge in [-0.15, -0.1) is 0 Å². The molecule has 204 valence electrons. The Kier molecular flexibility index (Phi) is 13.7. The SMILES string of the molecule is C=C(CC)c1cc(N=CC2=CC=CC2)nc(CCc2ccc(Cc3ccccc3)cc2)c1C(=C)C.CC.CC. The Morgan fingerprint density at radius 1 is 0.897 bits per heavy atom. The number of benzene rings is 2. The third-order valence-electron chi connectivity index (χ3n) is 6.40. The third kappa shape index (κ3) is 9.48. The van der Waals surface area contributed by atoms with Crippen molar-refractivity contribution in [3.8, 4) is 0 Å². The summed E-state index contributed by atoms with van der Waals surface area (Å²) in [5.74, 6) is 0.737. The second-order valence-electron chi connectivity index (χ2n) is 9.20. The lowest BCUT2D eigenvalue weighted by Crippen LogP contribution is -2.04. The molecule has 2 heteroatoms. The molecule has 0 saturated carbocycles. The molecule has 0 unspecified atom stereocenters. The van der Waals surface area contributed by atoms with Gasteiger partial charge in [-0.25, -0.2) is 9.98 Å². The molecule has 3 aromatic rings. The summed E-state index contributed by atoms with van der Waals surface area (Å²) >= 11 is 0. The summed E-state index contributed by atoms with van der Waals surface area (Å²) in [7, 11) is 0. The van der Waals surface area contributed by atoms with E-state index in [1.807, 2.05) is 33.9 Å². The predicted molar refractivity (Wildman–Crippen MR) is 174 cm³/mol. The highest BCUT2D eigenvalue weighted by Crippen LogP contribution is 2.32. The van der Waals surface area contributed by atoms with Crippen molar-refractivity contribution in [1.82, 2.24) is 4.98 Å². The van der Waals surface area contributed by atoms with Crippen LogP contribution in [-0.2, 0) is 19.3 Å². The molecule has 0 radical (unpaired) electrons. The van der Waals surface area contributed by atoms with Gasteiger partial charge in [0.1, 0.15) is 0 Å². The summed E-state index contributed by atoms with van der Waals surface area (Å²) in [6.45, 7) is 20.8. The molecule has 39 heavy (non-hydrogen) atoms. The Morgan fingerprint density at radius 3 is 2.13 bits per heavy atom. The average Bonchev–Trinajstić information content (AvgIpc) is 3.51. The fourth-order valence-electron chi connectivity index (χ4n) is 4.40. The van der Waals surface area contributed by atoms with Crippen LogP contribution in [0.3, 0.4) is 0 Å². The lowest BCUT2D eigenvalue weighted by atomic mass is 9.92. The first-order valence-corrected chi connectivity index (χ1v) is 14.4. The van der Waals surface area contributed by atoms with Crippen molar-refractivity contribution in [2.75, 3.05) is 0 Å². The highest BCUT2D eigenvalue weighted by Gasteiger charge is 2.15. The number of nitrogens with zero attached hydrogens (tertiary/aromatic N) is 2. The van der Waals surface area contributed by atoms with E-state index in [2.05, 4.69) is 106 Å². The Balaban J connectivity index is 0.00000127. The Labute approximate surface area is 237 Å². The molecular weight excluding hydrogens is 472 g/mol. The van der Waals surface area contributed by atoms with Gasteiger partial charge in [-0.05, 0) is 84.1 Å². The molecule has 0 N–H and O–H groups in total. The smallest absolute Gasteiger partial charge is 0.152 e. The maximum Gasteiger partial charge on any atom is 0.152 e. The van der Waals surface area contributed by atoms with E-state index in [0.29, 0.717) is 0 Å². The molecule has 2 aromatic carbocycles. The molecule has 0 fully saturated rings. The zero-order valence-corrected chi connectivity index (χ0v) is 24.9. The summed E-state index contributed by atoms with van der Waals surface area (Å²) in [6, 6.07) is 21.6. The molecule has 0 atom stereocenters. The topological polar surface area (TPSA) is 25.2 Å². The van der Waals surface area contributed by atoms with Gasteiger partial charge >= 0.3 is 0 Å². The van der Waals surface area contributed by atoms with Gasteiger partial charge in [0.15, 0.2) is 5.82 Å². The first-order valence-electron chi connectivity index (χ1n) is 14.4. The molecule has 1 aliphatic rings. The van der Waals surface area contributed by atoms with Crippen LogP contribution in [0, 0.1) is 0 Å². The number of aryl methyl sites for hydroxylation is 2. The number of rotatable bonds is 10. The number of aromatic nitrogens is 1. The Morgan fingerprint density at radius 2 is 1.54 bits per heavy atom. The van der Waals surface area contributed by atoms with Crippen LogP contribution in [0.2, 0.25) is 0 Å². The van der Waals surface area contributed by atoms with Crippen molar-refractivity contribution in [1.29, 1.82) is 0 Å². The van der Waals surface area contributed by atoms with E-state index in [0.717, 1.165) is 65.9 Å². The first-order chi connectivity index (χ1) is 19.0. The van der Waals surface area contributed by atoms with Gasteiger partial charge in [0, 0.05) is 11.8 Å². The van der Waals surface area contributed by atoms with E-state index in [-0.39, 0.29) is 0 Å². The van der Waals surface area contributed by atoms with E-state index in [1.165, 1.54) is 22.3 Å². The first kappa shape index (κ1) is 31.4. The van der Waals surface area contributed by atoms with Crippen molar-refractivity contribution in [3.05, 3.63) is 131 Å². The number of allylic oxidation sites excluding steroid dienone is 6. The van der Waals surface area contributed by atoms with E-state index in [1.54, 1.807) is 0 Å². The van der Waals surface area contributed by atoms with Gasteiger partial charge in [-0.2, -0.15) is 0 Å². The summed E-state index contributed by atoms with van der Waals surface area (Å²) in [4.78, 5) is 9.69. The molecule has 0 amide bonds. The summed E-state index contributed by atoms with van der Waals surface area (Å²) in [6.07, 6.45) is 12.7. The Bertz CT molecular complexity index is 1290. The average molecular weight is 519 g/mol. The van der Waals surface area contributed by atoms with E-state index >= 15 is 0 Å². The molecule has 1 aliphatic carbocycles. The van der Waals surface area contributed by atoms with Gasteiger partial charge in [-0.1, -0.05) is 121 Å². The summed E-state index contributed by atoms with van der Waals surface area (Å²) in [5.41, 5.74) is 10.6. The fraction of sp³-hybridized carbons (Fsp3) is 0.297. The van der Waals surface area contributed by atoms with Crippen LogP contribution in [0.25, 0.3) is 11.1 Å². The number of hydrogen-bond acceptors (Lipinski definition) is 2. The quantitative estimate of drug-likeness (QED) is 0.245. The molecule has 0 aliphatic heterocycles. The highest BCUT2D eigenvalue weighted by molar-refractivity contribution is 5.84. The van der Waals surface area contributed by atoms with Crippen LogP contribution in [-0.4, -0.2) is 11.2 Å². The molecule has 0 bridgehead atoms. The maximum atomic E-state index is 4.97. The van der Waals surface area contributed by atoms with Gasteiger partial charge < -0.3 is 0 Å². The third-order valence-corrected chi connectivity index (χ3v) is 6.40. The van der Waals surface area contributed by atoms with Gasteiger partial charge in [0.2, 0.25) is 0 Å². The lowest BCUT2D eigenvalue weighted by molar-refractivity contribution is 0.905. The fourth-order valence-corrected chi connectivity index (χ4v) is 4.40. The zero-order valence-electron chi connectivity index (χ0n) is 24.9. The lowest BCUT2D eigenvalue weighted by Gasteiger charge is -2.17. The van der Waals surface area contributed by atoms with Crippen molar-refractivity contribution < 1.29 is 0 Å². The van der Waals surface area contributed by atoms with Crippen molar-refractivity contribution >= 4 is 23.2 Å². The normalized spacial score (nSPS) is 11.8. The molecule has 1 aromatic heterocycles. The second-order valence-corrected chi connectivity index (χ2v) is 9.20. The molecule has 4 rings (SSSR count). The molecular formula is C37H46N2. The monoisotopic (exact) mass is 518 g/mol. The molecule has 2 nitrogen and oxygen atoms in total. The number of pyridine rings is 1. The van der Waals surface area contributed by atoms with Crippen LogP contribution in [0.4, 0.5) is 5.82 Å². The van der Waals surface area contributed by atoms with Crippen LogP contribution in [0.15, 0.2) is 103 Å².